The maximum atomic E-state index is 9.55. The molecule has 2 rings (SSSR count). The number of nitrogens with zero attached hydrogens (tertiary/aromatic N) is 2. The Morgan fingerprint density at radius 1 is 1.07 bits per heavy atom. The summed E-state index contributed by atoms with van der Waals surface area (Å²) in [6.07, 6.45) is 4.68. The predicted octanol–water partition coefficient (Wildman–Crippen LogP) is 3.14. The van der Waals surface area contributed by atoms with E-state index in [1.165, 1.54) is 11.1 Å². The van der Waals surface area contributed by atoms with E-state index in [1.54, 1.807) is 6.20 Å². The molecule has 0 radical (unpaired) electrons. The zero-order chi connectivity index (χ0) is 20.2. The van der Waals surface area contributed by atoms with Gasteiger partial charge in [0.1, 0.15) is 0 Å². The lowest BCUT2D eigenvalue weighted by Gasteiger charge is -2.13. The summed E-state index contributed by atoms with van der Waals surface area (Å²) in [5, 5.41) is 16.4. The van der Waals surface area contributed by atoms with E-state index in [0.717, 1.165) is 30.1 Å². The van der Waals surface area contributed by atoms with Crippen molar-refractivity contribution in [3.63, 3.8) is 0 Å². The fourth-order valence-corrected chi connectivity index (χ4v) is 2.45. The second-order valence-corrected chi connectivity index (χ2v) is 6.35. The Balaban J connectivity index is 0.000000387. The van der Waals surface area contributed by atoms with E-state index in [9.17, 15) is 9.59 Å². The number of likely N-dealkylation sites (N-methyl/N-ethyl adjacent to an activating group) is 1. The van der Waals surface area contributed by atoms with Crippen LogP contribution in [0.5, 0.6) is 0 Å². The lowest BCUT2D eigenvalue weighted by molar-refractivity contribution is -0.134. The maximum Gasteiger partial charge on any atom is 0.328 e. The van der Waals surface area contributed by atoms with Gasteiger partial charge in [-0.3, -0.25) is 4.98 Å². The zero-order valence-corrected chi connectivity index (χ0v) is 16.1. The molecular weight excluding hydrogens is 368 g/mol. The van der Waals surface area contributed by atoms with Gasteiger partial charge >= 0.3 is 11.9 Å². The number of halogens is 1. The third kappa shape index (κ3) is 9.53. The first-order chi connectivity index (χ1) is 12.8. The van der Waals surface area contributed by atoms with Crippen molar-refractivity contribution in [2.45, 2.75) is 12.8 Å². The van der Waals surface area contributed by atoms with Gasteiger partial charge in [-0.2, -0.15) is 0 Å². The molecule has 1 aromatic carbocycles. The number of carboxylic acid groups (broad SMARTS) is 2. The van der Waals surface area contributed by atoms with Crippen molar-refractivity contribution >= 4 is 23.5 Å². The molecule has 27 heavy (non-hydrogen) atoms. The molecule has 2 aromatic rings. The molecule has 144 valence electrons. The monoisotopic (exact) mass is 390 g/mol. The van der Waals surface area contributed by atoms with Crippen LogP contribution >= 0.6 is 11.6 Å². The molecule has 7 heteroatoms. The van der Waals surface area contributed by atoms with Gasteiger partial charge in [0.05, 0.1) is 0 Å². The van der Waals surface area contributed by atoms with Crippen molar-refractivity contribution in [2.75, 3.05) is 20.6 Å². The quantitative estimate of drug-likeness (QED) is 0.706. The van der Waals surface area contributed by atoms with Crippen LogP contribution in [0.15, 0.2) is 54.7 Å². The van der Waals surface area contributed by atoms with Gasteiger partial charge in [0, 0.05) is 42.0 Å². The molecule has 0 aliphatic heterocycles. The fourth-order valence-electron chi connectivity index (χ4n) is 2.19. The van der Waals surface area contributed by atoms with E-state index in [2.05, 4.69) is 48.2 Å². The Morgan fingerprint density at radius 2 is 1.67 bits per heavy atom. The van der Waals surface area contributed by atoms with Crippen LogP contribution in [0.1, 0.15) is 16.8 Å². The maximum absolute atomic E-state index is 9.55. The minimum atomic E-state index is -1.26. The molecule has 0 atom stereocenters. The zero-order valence-electron chi connectivity index (χ0n) is 15.3. The van der Waals surface area contributed by atoms with Crippen molar-refractivity contribution in [1.82, 2.24) is 9.88 Å². The number of aromatic nitrogens is 1. The SMILES string of the molecule is CN(C)CCc1c(Cl)ccnc1Cc1ccccc1.O=C(O)/C=C\C(=O)O. The highest BCUT2D eigenvalue weighted by molar-refractivity contribution is 6.31. The largest absolute Gasteiger partial charge is 0.478 e. The number of benzene rings is 1. The highest BCUT2D eigenvalue weighted by Gasteiger charge is 2.09. The van der Waals surface area contributed by atoms with Crippen LogP contribution in [0.3, 0.4) is 0 Å². The van der Waals surface area contributed by atoms with Gasteiger partial charge in [0.25, 0.3) is 0 Å². The summed E-state index contributed by atoms with van der Waals surface area (Å²) in [6, 6.07) is 12.3. The number of carbonyl (C=O) groups is 2. The van der Waals surface area contributed by atoms with Crippen molar-refractivity contribution < 1.29 is 19.8 Å². The normalized spacial score (nSPS) is 10.5. The van der Waals surface area contributed by atoms with Gasteiger partial charge < -0.3 is 15.1 Å². The smallest absolute Gasteiger partial charge is 0.328 e. The molecule has 1 aromatic heterocycles. The Kier molecular flexibility index (Phi) is 9.79. The van der Waals surface area contributed by atoms with Gasteiger partial charge in [-0.05, 0) is 37.7 Å². The van der Waals surface area contributed by atoms with Gasteiger partial charge in [-0.15, -0.1) is 0 Å². The molecule has 0 amide bonds. The lowest BCUT2D eigenvalue weighted by Crippen LogP contribution is -2.16. The predicted molar refractivity (Wildman–Crippen MR) is 105 cm³/mol. The Hall–Kier alpha value is -2.70. The first-order valence-corrected chi connectivity index (χ1v) is 8.62. The molecule has 0 unspecified atom stereocenters. The van der Waals surface area contributed by atoms with Crippen molar-refractivity contribution in [1.29, 1.82) is 0 Å². The Morgan fingerprint density at radius 3 is 2.19 bits per heavy atom. The van der Waals surface area contributed by atoms with E-state index >= 15 is 0 Å². The van der Waals surface area contributed by atoms with E-state index < -0.39 is 11.9 Å². The summed E-state index contributed by atoms with van der Waals surface area (Å²) >= 11 is 6.32. The van der Waals surface area contributed by atoms with E-state index in [1.807, 2.05) is 12.1 Å². The molecule has 0 bridgehead atoms. The standard InChI is InChI=1S/C16H19ClN2.C4H4O4/c1-19(2)11-9-14-15(17)8-10-18-16(14)12-13-6-4-3-5-7-13;5-3(6)1-2-4(7)8/h3-8,10H,9,11-12H2,1-2H3;1-2H,(H,5,6)(H,7,8)/b;2-1-. The number of carboxylic acids is 2. The minimum Gasteiger partial charge on any atom is -0.478 e. The molecular formula is C20H23ClN2O4. The molecule has 0 aliphatic rings. The molecule has 6 nitrogen and oxygen atoms in total. The second kappa shape index (κ2) is 11.8. The third-order valence-electron chi connectivity index (χ3n) is 3.48. The first kappa shape index (κ1) is 22.3. The molecule has 0 saturated heterocycles. The number of aliphatic carboxylic acids is 2. The fraction of sp³-hybridized carbons (Fsp3) is 0.250. The van der Waals surface area contributed by atoms with E-state index in [4.69, 9.17) is 21.8 Å². The first-order valence-electron chi connectivity index (χ1n) is 8.24. The van der Waals surface area contributed by atoms with Gasteiger partial charge in [-0.1, -0.05) is 41.9 Å². The second-order valence-electron chi connectivity index (χ2n) is 5.94. The summed E-state index contributed by atoms with van der Waals surface area (Å²) < 4.78 is 0. The van der Waals surface area contributed by atoms with Crippen LogP contribution in [0.25, 0.3) is 0 Å². The van der Waals surface area contributed by atoms with Crippen molar-refractivity contribution in [3.8, 4) is 0 Å². The molecule has 0 saturated carbocycles. The Labute approximate surface area is 163 Å². The summed E-state index contributed by atoms with van der Waals surface area (Å²) in [5.41, 5.74) is 3.52. The van der Waals surface area contributed by atoms with E-state index in [-0.39, 0.29) is 0 Å². The topological polar surface area (TPSA) is 90.7 Å². The average molecular weight is 391 g/mol. The van der Waals surface area contributed by atoms with Crippen LogP contribution in [-0.4, -0.2) is 52.7 Å². The van der Waals surface area contributed by atoms with Gasteiger partial charge in [0.15, 0.2) is 0 Å². The van der Waals surface area contributed by atoms with Crippen LogP contribution in [0, 0.1) is 0 Å². The number of pyridine rings is 1. The lowest BCUT2D eigenvalue weighted by atomic mass is 10.0. The minimum absolute atomic E-state index is 0.558. The third-order valence-corrected chi connectivity index (χ3v) is 3.83. The van der Waals surface area contributed by atoms with Crippen LogP contribution in [-0.2, 0) is 22.4 Å². The summed E-state index contributed by atoms with van der Waals surface area (Å²) in [7, 11) is 4.14. The van der Waals surface area contributed by atoms with Gasteiger partial charge in [-0.25, -0.2) is 9.59 Å². The molecule has 0 aliphatic carbocycles. The summed E-state index contributed by atoms with van der Waals surface area (Å²) in [4.78, 5) is 25.8. The summed E-state index contributed by atoms with van der Waals surface area (Å²) in [6.45, 7) is 0.979. The van der Waals surface area contributed by atoms with Crippen LogP contribution in [0.4, 0.5) is 0 Å². The van der Waals surface area contributed by atoms with Crippen molar-refractivity contribution in [2.24, 2.45) is 0 Å². The van der Waals surface area contributed by atoms with Gasteiger partial charge in [0.2, 0.25) is 0 Å². The molecule has 0 fully saturated rings. The number of hydrogen-bond donors (Lipinski definition) is 2. The van der Waals surface area contributed by atoms with E-state index in [0.29, 0.717) is 12.2 Å². The Bertz CT molecular complexity index is 761. The highest BCUT2D eigenvalue weighted by Crippen LogP contribution is 2.21. The van der Waals surface area contributed by atoms with Crippen LogP contribution in [0.2, 0.25) is 5.02 Å². The molecule has 1 heterocycles. The highest BCUT2D eigenvalue weighted by atomic mass is 35.5. The number of hydrogen-bond acceptors (Lipinski definition) is 4. The number of rotatable bonds is 7. The van der Waals surface area contributed by atoms with Crippen LogP contribution < -0.4 is 0 Å². The average Bonchev–Trinajstić information content (AvgIpc) is 2.61. The summed E-state index contributed by atoms with van der Waals surface area (Å²) in [5.74, 6) is -2.51. The van der Waals surface area contributed by atoms with Crippen molar-refractivity contribution in [3.05, 3.63) is 76.6 Å². The molecule has 2 N–H and O–H groups in total. The molecule has 0 spiro atoms.